The van der Waals surface area contributed by atoms with Gasteiger partial charge in [0.15, 0.2) is 11.5 Å². The predicted octanol–water partition coefficient (Wildman–Crippen LogP) is 3.34. The van der Waals surface area contributed by atoms with E-state index in [0.29, 0.717) is 29.1 Å². The van der Waals surface area contributed by atoms with E-state index >= 15 is 0 Å². The summed E-state index contributed by atoms with van der Waals surface area (Å²) in [6.45, 7) is 2.50. The Bertz CT molecular complexity index is 645. The molecule has 0 aliphatic carbocycles. The SMILES string of the molecule is CCOc1cc(Br)c(C=NNc2nc(N)cs2)cc1OC. The Kier molecular flexibility index (Phi) is 5.40. The van der Waals surface area contributed by atoms with Crippen LogP contribution in [0.4, 0.5) is 10.9 Å². The molecule has 0 aliphatic heterocycles. The highest BCUT2D eigenvalue weighted by Gasteiger charge is 2.08. The van der Waals surface area contributed by atoms with Gasteiger partial charge in [-0.05, 0) is 35.0 Å². The number of hydrogen-bond acceptors (Lipinski definition) is 7. The topological polar surface area (TPSA) is 81.8 Å². The fourth-order valence-corrected chi connectivity index (χ4v) is 2.55. The van der Waals surface area contributed by atoms with Crippen LogP contribution < -0.4 is 20.6 Å². The summed E-state index contributed by atoms with van der Waals surface area (Å²) in [4.78, 5) is 4.05. The number of methoxy groups -OCH3 is 1. The molecule has 0 aliphatic rings. The van der Waals surface area contributed by atoms with Crippen LogP contribution in [0.15, 0.2) is 27.1 Å². The van der Waals surface area contributed by atoms with Gasteiger partial charge in [-0.3, -0.25) is 5.43 Å². The molecule has 1 aromatic heterocycles. The number of aromatic nitrogens is 1. The van der Waals surface area contributed by atoms with Crippen molar-refractivity contribution in [2.24, 2.45) is 5.10 Å². The van der Waals surface area contributed by atoms with E-state index in [1.54, 1.807) is 18.7 Å². The van der Waals surface area contributed by atoms with Gasteiger partial charge in [0, 0.05) is 15.4 Å². The number of nitrogens with two attached hydrogens (primary N) is 1. The van der Waals surface area contributed by atoms with Crippen LogP contribution >= 0.6 is 27.3 Å². The van der Waals surface area contributed by atoms with Crippen molar-refractivity contribution < 1.29 is 9.47 Å². The van der Waals surface area contributed by atoms with Crippen molar-refractivity contribution in [3.63, 3.8) is 0 Å². The maximum atomic E-state index is 5.54. The van der Waals surface area contributed by atoms with Gasteiger partial charge in [-0.25, -0.2) is 4.98 Å². The molecule has 0 fully saturated rings. The first kappa shape index (κ1) is 15.6. The number of rotatable bonds is 6. The van der Waals surface area contributed by atoms with Gasteiger partial charge in [0.05, 0.1) is 19.9 Å². The molecule has 112 valence electrons. The minimum atomic E-state index is 0.474. The Labute approximate surface area is 135 Å². The average Bonchev–Trinajstić information content (AvgIpc) is 2.87. The highest BCUT2D eigenvalue weighted by Crippen LogP contribution is 2.32. The molecule has 0 saturated heterocycles. The molecule has 6 nitrogen and oxygen atoms in total. The van der Waals surface area contributed by atoms with Crippen LogP contribution in [0, 0.1) is 0 Å². The lowest BCUT2D eigenvalue weighted by Gasteiger charge is -2.11. The molecule has 21 heavy (non-hydrogen) atoms. The van der Waals surface area contributed by atoms with E-state index in [1.165, 1.54) is 11.3 Å². The third kappa shape index (κ3) is 4.08. The Morgan fingerprint density at radius 2 is 2.29 bits per heavy atom. The molecule has 0 saturated carbocycles. The van der Waals surface area contributed by atoms with Crippen LogP contribution in [0.3, 0.4) is 0 Å². The predicted molar refractivity (Wildman–Crippen MR) is 89.6 cm³/mol. The summed E-state index contributed by atoms with van der Waals surface area (Å²) in [6.07, 6.45) is 1.67. The molecule has 0 bridgehead atoms. The second-order valence-corrected chi connectivity index (χ2v) is 5.62. The standard InChI is InChI=1S/C13H15BrN4O2S/c1-3-20-11-5-9(14)8(4-10(11)19-2)6-16-18-13-17-12(15)7-21-13/h4-7H,3,15H2,1-2H3,(H,17,18). The minimum Gasteiger partial charge on any atom is -0.493 e. The van der Waals surface area contributed by atoms with Crippen molar-refractivity contribution in [1.82, 2.24) is 4.98 Å². The van der Waals surface area contributed by atoms with Crippen molar-refractivity contribution in [2.75, 3.05) is 24.9 Å². The van der Waals surface area contributed by atoms with Crippen molar-refractivity contribution in [2.45, 2.75) is 6.92 Å². The number of nitrogen functional groups attached to an aromatic ring is 1. The van der Waals surface area contributed by atoms with E-state index in [0.717, 1.165) is 10.0 Å². The Morgan fingerprint density at radius 1 is 1.48 bits per heavy atom. The number of nitrogens with zero attached hydrogens (tertiary/aromatic N) is 2. The molecule has 1 aromatic carbocycles. The summed E-state index contributed by atoms with van der Waals surface area (Å²) in [7, 11) is 1.60. The van der Waals surface area contributed by atoms with E-state index in [9.17, 15) is 0 Å². The van der Waals surface area contributed by atoms with E-state index in [1.807, 2.05) is 19.1 Å². The molecule has 0 unspecified atom stereocenters. The zero-order valence-corrected chi connectivity index (χ0v) is 14.0. The number of hydrogen-bond donors (Lipinski definition) is 2. The van der Waals surface area contributed by atoms with Gasteiger partial charge in [-0.2, -0.15) is 5.10 Å². The van der Waals surface area contributed by atoms with Crippen LogP contribution in [0.25, 0.3) is 0 Å². The van der Waals surface area contributed by atoms with E-state index in [4.69, 9.17) is 15.2 Å². The number of anilines is 2. The maximum Gasteiger partial charge on any atom is 0.205 e. The molecule has 0 atom stereocenters. The Morgan fingerprint density at radius 3 is 2.90 bits per heavy atom. The maximum absolute atomic E-state index is 5.54. The third-order valence-electron chi connectivity index (χ3n) is 2.47. The number of benzene rings is 1. The first-order chi connectivity index (χ1) is 10.1. The molecule has 8 heteroatoms. The fourth-order valence-electron chi connectivity index (χ4n) is 1.57. The van der Waals surface area contributed by atoms with Crippen molar-refractivity contribution >= 4 is 44.4 Å². The molecule has 0 radical (unpaired) electrons. The smallest absolute Gasteiger partial charge is 0.205 e. The Hall–Kier alpha value is -1.80. The molecular formula is C13H15BrN4O2S. The minimum absolute atomic E-state index is 0.474. The van der Waals surface area contributed by atoms with Crippen LogP contribution in [-0.4, -0.2) is 24.9 Å². The van der Waals surface area contributed by atoms with Crippen molar-refractivity contribution in [1.29, 1.82) is 0 Å². The van der Waals surface area contributed by atoms with Gasteiger partial charge in [0.2, 0.25) is 5.13 Å². The Balaban J connectivity index is 2.15. The summed E-state index contributed by atoms with van der Waals surface area (Å²) in [5.41, 5.74) is 9.21. The quantitative estimate of drug-likeness (QED) is 0.601. The largest absolute Gasteiger partial charge is 0.493 e. The number of thiazole rings is 1. The average molecular weight is 371 g/mol. The lowest BCUT2D eigenvalue weighted by Crippen LogP contribution is -1.98. The first-order valence-corrected chi connectivity index (χ1v) is 7.81. The second kappa shape index (κ2) is 7.28. The summed E-state index contributed by atoms with van der Waals surface area (Å²) < 4.78 is 11.7. The lowest BCUT2D eigenvalue weighted by atomic mass is 10.2. The molecule has 2 aromatic rings. The van der Waals surface area contributed by atoms with Gasteiger partial charge in [-0.15, -0.1) is 11.3 Å². The third-order valence-corrected chi connectivity index (χ3v) is 3.92. The van der Waals surface area contributed by atoms with Gasteiger partial charge in [0.25, 0.3) is 0 Å². The summed E-state index contributed by atoms with van der Waals surface area (Å²) >= 11 is 4.87. The normalized spacial score (nSPS) is 10.8. The number of ether oxygens (including phenoxy) is 2. The number of hydrazone groups is 1. The monoisotopic (exact) mass is 370 g/mol. The van der Waals surface area contributed by atoms with Crippen molar-refractivity contribution in [3.05, 3.63) is 27.5 Å². The highest BCUT2D eigenvalue weighted by molar-refractivity contribution is 9.10. The lowest BCUT2D eigenvalue weighted by molar-refractivity contribution is 0.310. The molecular weight excluding hydrogens is 356 g/mol. The highest BCUT2D eigenvalue weighted by atomic mass is 79.9. The molecule has 3 N–H and O–H groups in total. The van der Waals surface area contributed by atoms with E-state index in [-0.39, 0.29) is 0 Å². The van der Waals surface area contributed by atoms with Gasteiger partial charge in [-0.1, -0.05) is 0 Å². The van der Waals surface area contributed by atoms with Crippen molar-refractivity contribution in [3.8, 4) is 11.5 Å². The number of nitrogens with one attached hydrogen (secondary N) is 1. The van der Waals surface area contributed by atoms with Gasteiger partial charge < -0.3 is 15.2 Å². The van der Waals surface area contributed by atoms with E-state index < -0.39 is 0 Å². The zero-order valence-electron chi connectivity index (χ0n) is 11.6. The molecule has 1 heterocycles. The number of halogens is 1. The molecule has 2 rings (SSSR count). The van der Waals surface area contributed by atoms with Crippen LogP contribution in [0.5, 0.6) is 11.5 Å². The van der Waals surface area contributed by atoms with E-state index in [2.05, 4.69) is 31.4 Å². The van der Waals surface area contributed by atoms with Gasteiger partial charge in [0.1, 0.15) is 5.82 Å². The van der Waals surface area contributed by atoms with Crippen LogP contribution in [-0.2, 0) is 0 Å². The molecule has 0 amide bonds. The zero-order chi connectivity index (χ0) is 15.2. The van der Waals surface area contributed by atoms with Crippen LogP contribution in [0.2, 0.25) is 0 Å². The summed E-state index contributed by atoms with van der Waals surface area (Å²) in [5, 5.41) is 6.51. The first-order valence-electron chi connectivity index (χ1n) is 6.14. The van der Waals surface area contributed by atoms with Gasteiger partial charge >= 0.3 is 0 Å². The summed E-state index contributed by atoms with van der Waals surface area (Å²) in [6, 6.07) is 3.70. The molecule has 0 spiro atoms. The summed E-state index contributed by atoms with van der Waals surface area (Å²) in [5.74, 6) is 1.81. The fraction of sp³-hybridized carbons (Fsp3) is 0.231. The second-order valence-electron chi connectivity index (χ2n) is 3.91. The van der Waals surface area contributed by atoms with Crippen LogP contribution in [0.1, 0.15) is 12.5 Å².